The first kappa shape index (κ1) is 12.2. The van der Waals surface area contributed by atoms with Gasteiger partial charge in [0.1, 0.15) is 18.2 Å². The van der Waals surface area contributed by atoms with Crippen LogP contribution in [-0.2, 0) is 9.47 Å². The van der Waals surface area contributed by atoms with Crippen LogP contribution >= 0.6 is 0 Å². The summed E-state index contributed by atoms with van der Waals surface area (Å²) in [4.78, 5) is 18.0. The molecule has 1 amide bonds. The highest BCUT2D eigenvalue weighted by molar-refractivity contribution is 5.87. The van der Waals surface area contributed by atoms with Gasteiger partial charge < -0.3 is 9.47 Å². The zero-order valence-electron chi connectivity index (χ0n) is 10.7. The van der Waals surface area contributed by atoms with E-state index in [2.05, 4.69) is 4.99 Å². The summed E-state index contributed by atoms with van der Waals surface area (Å²) >= 11 is 0. The van der Waals surface area contributed by atoms with Crippen LogP contribution in [0.15, 0.2) is 4.99 Å². The van der Waals surface area contributed by atoms with Crippen LogP contribution in [0, 0.1) is 0 Å². The monoisotopic (exact) mass is 240 g/mol. The number of carbonyl (C=O) groups is 1. The van der Waals surface area contributed by atoms with Gasteiger partial charge in [0, 0.05) is 6.54 Å². The normalized spacial score (nSPS) is 24.5. The molecule has 0 radical (unpaired) electrons. The molecule has 2 heterocycles. The molecule has 0 aromatic rings. The molecule has 1 atom stereocenters. The predicted molar refractivity (Wildman–Crippen MR) is 64.2 cm³/mol. The molecule has 0 N–H and O–H groups in total. The second kappa shape index (κ2) is 4.55. The van der Waals surface area contributed by atoms with Crippen LogP contribution in [0.4, 0.5) is 4.79 Å². The van der Waals surface area contributed by atoms with Crippen LogP contribution in [0.1, 0.15) is 33.6 Å². The predicted octanol–water partition coefficient (Wildman–Crippen LogP) is 1.81. The summed E-state index contributed by atoms with van der Waals surface area (Å²) in [7, 11) is 0. The van der Waals surface area contributed by atoms with Gasteiger partial charge in [0.15, 0.2) is 0 Å². The quantitative estimate of drug-likeness (QED) is 0.702. The minimum atomic E-state index is -0.456. The lowest BCUT2D eigenvalue weighted by atomic mass is 10.2. The van der Waals surface area contributed by atoms with Crippen molar-refractivity contribution in [2.24, 2.45) is 4.99 Å². The minimum absolute atomic E-state index is 0.0210. The number of amides is 1. The average Bonchev–Trinajstić information content (AvgIpc) is 2.85. The molecule has 0 spiro atoms. The number of carbonyl (C=O) groups excluding carboxylic acids is 1. The van der Waals surface area contributed by atoms with E-state index < -0.39 is 5.60 Å². The molecule has 0 aliphatic carbocycles. The lowest BCUT2D eigenvalue weighted by molar-refractivity contribution is 0.0254. The smallest absolute Gasteiger partial charge is 0.410 e. The van der Waals surface area contributed by atoms with Crippen molar-refractivity contribution in [3.8, 4) is 0 Å². The average molecular weight is 240 g/mol. The third-order valence-corrected chi connectivity index (χ3v) is 2.77. The van der Waals surface area contributed by atoms with Crippen LogP contribution < -0.4 is 0 Å². The number of aliphatic imine (C=N–C) groups is 1. The number of ether oxygens (including phenoxy) is 2. The molecule has 17 heavy (non-hydrogen) atoms. The molecule has 96 valence electrons. The molecule has 0 bridgehead atoms. The Morgan fingerprint density at radius 3 is 2.88 bits per heavy atom. The second-order valence-corrected chi connectivity index (χ2v) is 5.40. The van der Waals surface area contributed by atoms with E-state index in [4.69, 9.17) is 9.47 Å². The molecular formula is C12H20N2O3. The molecule has 5 heteroatoms. The Bertz CT molecular complexity index is 333. The highest BCUT2D eigenvalue weighted by atomic mass is 16.6. The molecular weight excluding hydrogens is 220 g/mol. The van der Waals surface area contributed by atoms with E-state index >= 15 is 0 Å². The Balaban J connectivity index is 2.01. The zero-order valence-corrected chi connectivity index (χ0v) is 10.7. The summed E-state index contributed by atoms with van der Waals surface area (Å²) in [5.74, 6) is 0.702. The molecule has 1 fully saturated rings. The Morgan fingerprint density at radius 1 is 1.53 bits per heavy atom. The topological polar surface area (TPSA) is 51.1 Å². The van der Waals surface area contributed by atoms with Crippen LogP contribution in [-0.4, -0.2) is 48.2 Å². The molecule has 0 saturated carbocycles. The highest BCUT2D eigenvalue weighted by Gasteiger charge is 2.37. The van der Waals surface area contributed by atoms with Gasteiger partial charge >= 0.3 is 6.09 Å². The van der Waals surface area contributed by atoms with Gasteiger partial charge in [-0.15, -0.1) is 0 Å². The van der Waals surface area contributed by atoms with Crippen molar-refractivity contribution in [3.05, 3.63) is 0 Å². The summed E-state index contributed by atoms with van der Waals surface area (Å²) in [5, 5.41) is 0. The van der Waals surface area contributed by atoms with Gasteiger partial charge in [0.2, 0.25) is 5.90 Å². The molecule has 0 aromatic carbocycles. The largest absolute Gasteiger partial charge is 0.478 e. The fourth-order valence-corrected chi connectivity index (χ4v) is 2.12. The van der Waals surface area contributed by atoms with E-state index in [-0.39, 0.29) is 12.1 Å². The first-order valence-electron chi connectivity index (χ1n) is 6.14. The van der Waals surface area contributed by atoms with Crippen molar-refractivity contribution >= 4 is 12.0 Å². The van der Waals surface area contributed by atoms with Crippen molar-refractivity contribution in [2.75, 3.05) is 19.7 Å². The number of hydrogen-bond donors (Lipinski definition) is 0. The molecule has 1 saturated heterocycles. The van der Waals surface area contributed by atoms with Gasteiger partial charge in [-0.25, -0.2) is 4.79 Å². The molecule has 2 aliphatic heterocycles. The van der Waals surface area contributed by atoms with Crippen molar-refractivity contribution < 1.29 is 14.3 Å². The number of nitrogens with zero attached hydrogens (tertiary/aromatic N) is 2. The van der Waals surface area contributed by atoms with Crippen molar-refractivity contribution in [2.45, 2.75) is 45.3 Å². The second-order valence-electron chi connectivity index (χ2n) is 5.40. The van der Waals surface area contributed by atoms with Gasteiger partial charge in [0.05, 0.1) is 6.54 Å². The molecule has 0 aromatic heterocycles. The SMILES string of the molecule is CC(C)(C)OC(=O)N1CCC[C@H]1C1=NCCO1. The fraction of sp³-hybridized carbons (Fsp3) is 0.833. The molecule has 2 aliphatic rings. The van der Waals surface area contributed by atoms with E-state index in [0.717, 1.165) is 19.4 Å². The summed E-state index contributed by atoms with van der Waals surface area (Å²) in [6, 6.07) is -0.0210. The number of likely N-dealkylation sites (tertiary alicyclic amines) is 1. The Kier molecular flexibility index (Phi) is 3.26. The van der Waals surface area contributed by atoms with Gasteiger partial charge in [-0.2, -0.15) is 0 Å². The van der Waals surface area contributed by atoms with E-state index in [1.54, 1.807) is 4.90 Å². The third-order valence-electron chi connectivity index (χ3n) is 2.77. The fourth-order valence-electron chi connectivity index (χ4n) is 2.12. The number of hydrogen-bond acceptors (Lipinski definition) is 4. The van der Waals surface area contributed by atoms with Gasteiger partial charge in [-0.3, -0.25) is 9.89 Å². The van der Waals surface area contributed by atoms with Crippen LogP contribution in [0.5, 0.6) is 0 Å². The van der Waals surface area contributed by atoms with Crippen molar-refractivity contribution in [1.82, 2.24) is 4.90 Å². The zero-order chi connectivity index (χ0) is 12.5. The Hall–Kier alpha value is -1.26. The van der Waals surface area contributed by atoms with E-state index in [9.17, 15) is 4.79 Å². The molecule has 2 rings (SSSR count). The van der Waals surface area contributed by atoms with Gasteiger partial charge in [-0.05, 0) is 33.6 Å². The Morgan fingerprint density at radius 2 is 2.29 bits per heavy atom. The van der Waals surface area contributed by atoms with E-state index in [0.29, 0.717) is 19.0 Å². The van der Waals surface area contributed by atoms with E-state index in [1.165, 1.54) is 0 Å². The Labute approximate surface area is 102 Å². The maximum Gasteiger partial charge on any atom is 0.410 e. The van der Waals surface area contributed by atoms with Crippen molar-refractivity contribution in [3.63, 3.8) is 0 Å². The molecule has 0 unspecified atom stereocenters. The van der Waals surface area contributed by atoms with Gasteiger partial charge in [-0.1, -0.05) is 0 Å². The van der Waals surface area contributed by atoms with E-state index in [1.807, 2.05) is 20.8 Å². The third kappa shape index (κ3) is 2.90. The summed E-state index contributed by atoms with van der Waals surface area (Å²) in [6.07, 6.45) is 1.63. The maximum absolute atomic E-state index is 12.0. The summed E-state index contributed by atoms with van der Waals surface area (Å²) in [6.45, 7) is 7.68. The van der Waals surface area contributed by atoms with Gasteiger partial charge in [0.25, 0.3) is 0 Å². The standard InChI is InChI=1S/C12H20N2O3/c1-12(2,3)17-11(15)14-7-4-5-9(14)10-13-6-8-16-10/h9H,4-8H2,1-3H3/t9-/m0/s1. The molecule has 5 nitrogen and oxygen atoms in total. The van der Waals surface area contributed by atoms with Crippen LogP contribution in [0.2, 0.25) is 0 Å². The lowest BCUT2D eigenvalue weighted by Gasteiger charge is -2.28. The first-order valence-corrected chi connectivity index (χ1v) is 6.14. The number of rotatable bonds is 1. The van der Waals surface area contributed by atoms with Crippen molar-refractivity contribution in [1.29, 1.82) is 0 Å². The summed E-state index contributed by atoms with van der Waals surface area (Å²) in [5.41, 5.74) is -0.456. The maximum atomic E-state index is 12.0. The lowest BCUT2D eigenvalue weighted by Crippen LogP contribution is -2.43. The first-order chi connectivity index (χ1) is 7.97. The van der Waals surface area contributed by atoms with Crippen LogP contribution in [0.3, 0.4) is 0 Å². The highest BCUT2D eigenvalue weighted by Crippen LogP contribution is 2.23. The van der Waals surface area contributed by atoms with Crippen LogP contribution in [0.25, 0.3) is 0 Å². The summed E-state index contributed by atoms with van der Waals surface area (Å²) < 4.78 is 10.8. The minimum Gasteiger partial charge on any atom is -0.478 e.